The second-order valence-corrected chi connectivity index (χ2v) is 7.45. The van der Waals surface area contributed by atoms with Crippen LogP contribution >= 0.6 is 0 Å². The predicted octanol–water partition coefficient (Wildman–Crippen LogP) is 5.61. The van der Waals surface area contributed by atoms with Gasteiger partial charge in [-0.3, -0.25) is 0 Å². The van der Waals surface area contributed by atoms with Crippen LogP contribution in [0.4, 0.5) is 10.1 Å². The van der Waals surface area contributed by atoms with E-state index >= 15 is 0 Å². The number of allylic oxidation sites excluding steroid dienone is 5. The van der Waals surface area contributed by atoms with E-state index in [4.69, 9.17) is 0 Å². The van der Waals surface area contributed by atoms with Crippen LogP contribution in [-0.4, -0.2) is 25.2 Å². The molecule has 2 rings (SSSR count). The topological polar surface area (TPSA) is 29.5 Å². The number of hydrogen-bond donors (Lipinski definition) is 0. The molecule has 1 aromatic rings. The Kier molecular flexibility index (Phi) is 7.00. The third-order valence-electron chi connectivity index (χ3n) is 5.05. The third-order valence-corrected chi connectivity index (χ3v) is 5.05. The Hall–Kier alpha value is -2.36. The Morgan fingerprint density at radius 1 is 1.30 bits per heavy atom. The van der Waals surface area contributed by atoms with Crippen molar-refractivity contribution in [2.45, 2.75) is 59.5 Å². The molecule has 1 aliphatic rings. The fraction of sp³-hybridized carbons (Fsp3) is 0.435. The van der Waals surface area contributed by atoms with E-state index in [9.17, 15) is 9.18 Å². The summed E-state index contributed by atoms with van der Waals surface area (Å²) in [6, 6.07) is 7.17. The molecular formula is C23H30FNO2. The molecule has 27 heavy (non-hydrogen) atoms. The van der Waals surface area contributed by atoms with Crippen molar-refractivity contribution in [3.8, 4) is 0 Å². The molecule has 0 fully saturated rings. The first-order valence-corrected chi connectivity index (χ1v) is 9.47. The van der Waals surface area contributed by atoms with Crippen molar-refractivity contribution in [3.05, 3.63) is 59.0 Å². The van der Waals surface area contributed by atoms with E-state index in [2.05, 4.69) is 42.5 Å². The number of aryl methyl sites for hydroxylation is 1. The highest BCUT2D eigenvalue weighted by atomic mass is 19.1. The maximum Gasteiger partial charge on any atom is 0.330 e. The number of rotatable bonds is 5. The number of nitrogens with zero attached hydrogens (tertiary/aromatic N) is 1. The number of carbonyl (C=O) groups excluding carboxylic acids is 1. The zero-order valence-electron chi connectivity index (χ0n) is 17.2. The lowest BCUT2D eigenvalue weighted by atomic mass is 9.92. The molecule has 1 aliphatic heterocycles. The highest BCUT2D eigenvalue weighted by Gasteiger charge is 2.25. The Morgan fingerprint density at radius 3 is 2.63 bits per heavy atom. The van der Waals surface area contributed by atoms with Crippen molar-refractivity contribution >= 4 is 17.2 Å². The van der Waals surface area contributed by atoms with E-state index < -0.39 is 5.97 Å². The monoisotopic (exact) mass is 371 g/mol. The van der Waals surface area contributed by atoms with Crippen LogP contribution in [0.25, 0.3) is 5.57 Å². The van der Waals surface area contributed by atoms with Crippen LogP contribution in [0.2, 0.25) is 0 Å². The number of esters is 1. The molecule has 1 atom stereocenters. The third kappa shape index (κ3) is 5.09. The number of fused-ring (bicyclic) bond motifs is 1. The minimum atomic E-state index is -0.447. The average molecular weight is 371 g/mol. The Bertz CT molecular complexity index is 790. The summed E-state index contributed by atoms with van der Waals surface area (Å²) >= 11 is 0. The Balaban J connectivity index is 2.29. The molecule has 146 valence electrons. The van der Waals surface area contributed by atoms with Crippen LogP contribution in [-0.2, 0) is 16.0 Å². The Labute approximate surface area is 162 Å². The van der Waals surface area contributed by atoms with Gasteiger partial charge in [0.15, 0.2) is 0 Å². The van der Waals surface area contributed by atoms with Gasteiger partial charge in [-0.25, -0.2) is 9.18 Å². The zero-order chi connectivity index (χ0) is 20.1. The lowest BCUT2D eigenvalue weighted by Crippen LogP contribution is -2.42. The maximum absolute atomic E-state index is 14.6. The summed E-state index contributed by atoms with van der Waals surface area (Å²) < 4.78 is 19.2. The van der Waals surface area contributed by atoms with Crippen molar-refractivity contribution in [2.75, 3.05) is 12.0 Å². The number of halogens is 1. The molecule has 1 unspecified atom stereocenters. The molecule has 0 aromatic heterocycles. The molecule has 4 heteroatoms. The predicted molar refractivity (Wildman–Crippen MR) is 110 cm³/mol. The molecule has 1 aromatic carbocycles. The quantitative estimate of drug-likeness (QED) is 0.383. The van der Waals surface area contributed by atoms with Crippen molar-refractivity contribution in [1.82, 2.24) is 0 Å². The largest absolute Gasteiger partial charge is 0.466 e. The molecule has 3 nitrogen and oxygen atoms in total. The van der Waals surface area contributed by atoms with Gasteiger partial charge in [0, 0.05) is 23.8 Å². The van der Waals surface area contributed by atoms with E-state index in [1.807, 2.05) is 6.07 Å². The van der Waals surface area contributed by atoms with Gasteiger partial charge in [-0.2, -0.15) is 0 Å². The summed E-state index contributed by atoms with van der Waals surface area (Å²) in [5.41, 5.74) is 4.65. The van der Waals surface area contributed by atoms with Gasteiger partial charge in [-0.1, -0.05) is 12.1 Å². The summed E-state index contributed by atoms with van der Waals surface area (Å²) in [6.45, 7) is 10.2. The van der Waals surface area contributed by atoms with E-state index in [1.54, 1.807) is 19.9 Å². The van der Waals surface area contributed by atoms with Gasteiger partial charge in [0.2, 0.25) is 0 Å². The van der Waals surface area contributed by atoms with Gasteiger partial charge in [-0.05, 0) is 87.9 Å². The number of methoxy groups -OCH3 is 1. The first kappa shape index (κ1) is 20.9. The van der Waals surface area contributed by atoms with Crippen molar-refractivity contribution < 1.29 is 13.9 Å². The van der Waals surface area contributed by atoms with Crippen molar-refractivity contribution in [1.29, 1.82) is 0 Å². The molecule has 0 aliphatic carbocycles. The van der Waals surface area contributed by atoms with Crippen LogP contribution in [0.15, 0.2) is 47.8 Å². The van der Waals surface area contributed by atoms with Crippen molar-refractivity contribution in [2.24, 2.45) is 0 Å². The molecule has 0 saturated heterocycles. The van der Waals surface area contributed by atoms with Crippen LogP contribution in [0.1, 0.15) is 52.2 Å². The van der Waals surface area contributed by atoms with E-state index in [-0.39, 0.29) is 5.83 Å². The lowest BCUT2D eigenvalue weighted by Gasteiger charge is -2.40. The number of ether oxygens (including phenoxy) is 1. The van der Waals surface area contributed by atoms with Gasteiger partial charge in [-0.15, -0.1) is 0 Å². The molecule has 0 spiro atoms. The summed E-state index contributed by atoms with van der Waals surface area (Å²) in [5.74, 6) is -0.755. The van der Waals surface area contributed by atoms with E-state index in [0.717, 1.165) is 18.4 Å². The van der Waals surface area contributed by atoms with Crippen LogP contribution < -0.4 is 4.90 Å². The molecule has 0 N–H and O–H groups in total. The molecule has 0 amide bonds. The van der Waals surface area contributed by atoms with E-state index in [0.29, 0.717) is 23.2 Å². The summed E-state index contributed by atoms with van der Waals surface area (Å²) in [6.07, 6.45) is 6.43. The minimum Gasteiger partial charge on any atom is -0.466 e. The van der Waals surface area contributed by atoms with E-state index in [1.165, 1.54) is 30.5 Å². The van der Waals surface area contributed by atoms with Gasteiger partial charge < -0.3 is 9.64 Å². The molecule has 1 heterocycles. The highest BCUT2D eigenvalue weighted by molar-refractivity contribution is 5.83. The van der Waals surface area contributed by atoms with Gasteiger partial charge in [0.1, 0.15) is 5.83 Å². The molecular weight excluding hydrogens is 341 g/mol. The molecule has 0 radical (unpaired) electrons. The molecule has 0 saturated carbocycles. The highest BCUT2D eigenvalue weighted by Crippen LogP contribution is 2.35. The number of anilines is 1. The van der Waals surface area contributed by atoms with Crippen LogP contribution in [0.3, 0.4) is 0 Å². The number of hydrogen-bond acceptors (Lipinski definition) is 3. The molecule has 0 bridgehead atoms. The zero-order valence-corrected chi connectivity index (χ0v) is 17.2. The lowest BCUT2D eigenvalue weighted by molar-refractivity contribution is -0.134. The fourth-order valence-corrected chi connectivity index (χ4v) is 3.56. The van der Waals surface area contributed by atoms with Crippen molar-refractivity contribution in [3.63, 3.8) is 0 Å². The Morgan fingerprint density at radius 2 is 2.00 bits per heavy atom. The maximum atomic E-state index is 14.6. The summed E-state index contributed by atoms with van der Waals surface area (Å²) in [4.78, 5) is 13.7. The standard InChI is InChI=1S/C23H30FNO2/c1-15(2)25-17(4)8-9-20-14-19(10-12-22(20)25)18(5)21(24)11-7-16(3)13-23(26)27-6/h7,10-15,17H,8-9H2,1-6H3/b11-7+,16-13+,21-18+. The smallest absolute Gasteiger partial charge is 0.330 e. The van der Waals surface area contributed by atoms with Gasteiger partial charge in [0.05, 0.1) is 7.11 Å². The van der Waals surface area contributed by atoms with Crippen LogP contribution in [0.5, 0.6) is 0 Å². The summed E-state index contributed by atoms with van der Waals surface area (Å²) in [5, 5.41) is 0. The first-order chi connectivity index (χ1) is 12.7. The SMILES string of the molecule is COC(=O)/C=C(C)/C=C/C(F)=C(/C)c1ccc2c(c1)CCC(C)N2C(C)C. The number of benzene rings is 1. The average Bonchev–Trinajstić information content (AvgIpc) is 2.64. The van der Waals surface area contributed by atoms with Crippen LogP contribution in [0, 0.1) is 0 Å². The van der Waals surface area contributed by atoms with Gasteiger partial charge >= 0.3 is 5.97 Å². The first-order valence-electron chi connectivity index (χ1n) is 9.47. The second kappa shape index (κ2) is 9.03. The fourth-order valence-electron chi connectivity index (χ4n) is 3.56. The number of carbonyl (C=O) groups is 1. The van der Waals surface area contributed by atoms with Gasteiger partial charge in [0.25, 0.3) is 0 Å². The minimum absolute atomic E-state index is 0.308. The second-order valence-electron chi connectivity index (χ2n) is 7.45. The summed E-state index contributed by atoms with van der Waals surface area (Å²) in [7, 11) is 1.32. The normalized spacial score (nSPS) is 18.6.